The summed E-state index contributed by atoms with van der Waals surface area (Å²) in [5.74, 6) is 0. The van der Waals surface area contributed by atoms with Gasteiger partial charge in [-0.15, -0.1) is 0 Å². The molecule has 1 aromatic carbocycles. The van der Waals surface area contributed by atoms with Crippen LogP contribution < -0.4 is 10.2 Å². The number of hydrogen-bond donors (Lipinski definition) is 1. The average Bonchev–Trinajstić information content (AvgIpc) is 2.85. The van der Waals surface area contributed by atoms with Crippen LogP contribution in [0.5, 0.6) is 0 Å². The van der Waals surface area contributed by atoms with Crippen LogP contribution in [0.15, 0.2) is 18.2 Å². The Hall–Kier alpha value is -0.770. The zero-order valence-corrected chi connectivity index (χ0v) is 11.8. The van der Waals surface area contributed by atoms with E-state index in [-0.39, 0.29) is 0 Å². The van der Waals surface area contributed by atoms with Crippen molar-refractivity contribution in [2.45, 2.75) is 26.0 Å². The number of hydrogen-bond acceptors (Lipinski definition) is 3. The summed E-state index contributed by atoms with van der Waals surface area (Å²) in [4.78, 5) is 2.37. The monoisotopic (exact) mass is 268 g/mol. The zero-order chi connectivity index (χ0) is 13.0. The fourth-order valence-corrected chi connectivity index (χ4v) is 2.64. The molecule has 2 rings (SSSR count). The van der Waals surface area contributed by atoms with E-state index in [1.165, 1.54) is 11.3 Å². The number of nitrogens with one attached hydrogen (secondary N) is 1. The summed E-state index contributed by atoms with van der Waals surface area (Å²) in [7, 11) is 1.78. The van der Waals surface area contributed by atoms with E-state index in [9.17, 15) is 0 Å². The number of rotatable bonds is 5. The highest BCUT2D eigenvalue weighted by Gasteiger charge is 2.24. The SMILES string of the molecule is CCNCc1c(Cl)cccc1N1CCC(OC)C1. The number of nitrogens with zero attached hydrogens (tertiary/aromatic N) is 1. The van der Waals surface area contributed by atoms with E-state index in [0.717, 1.165) is 37.6 Å². The van der Waals surface area contributed by atoms with E-state index in [4.69, 9.17) is 16.3 Å². The Bertz CT molecular complexity index is 397. The number of methoxy groups -OCH3 is 1. The molecule has 1 aliphatic rings. The first-order chi connectivity index (χ1) is 8.76. The minimum atomic E-state index is 0.343. The second-order valence-electron chi connectivity index (χ2n) is 4.61. The van der Waals surface area contributed by atoms with Gasteiger partial charge in [0.15, 0.2) is 0 Å². The molecule has 0 spiro atoms. The summed E-state index contributed by atoms with van der Waals surface area (Å²) in [6, 6.07) is 6.13. The molecule has 0 amide bonds. The van der Waals surface area contributed by atoms with Crippen molar-refractivity contribution in [1.29, 1.82) is 0 Å². The van der Waals surface area contributed by atoms with E-state index >= 15 is 0 Å². The van der Waals surface area contributed by atoms with Gasteiger partial charge in [-0.05, 0) is 25.1 Å². The molecule has 1 unspecified atom stereocenters. The van der Waals surface area contributed by atoms with Crippen LogP contribution in [-0.4, -0.2) is 32.8 Å². The second-order valence-corrected chi connectivity index (χ2v) is 5.02. The third-order valence-corrected chi connectivity index (χ3v) is 3.82. The largest absolute Gasteiger partial charge is 0.380 e. The van der Waals surface area contributed by atoms with Crippen molar-refractivity contribution in [3.63, 3.8) is 0 Å². The Morgan fingerprint density at radius 2 is 2.33 bits per heavy atom. The minimum Gasteiger partial charge on any atom is -0.380 e. The Balaban J connectivity index is 2.19. The molecule has 0 aromatic heterocycles. The van der Waals surface area contributed by atoms with Crippen molar-refractivity contribution in [2.75, 3.05) is 31.6 Å². The van der Waals surface area contributed by atoms with Crippen molar-refractivity contribution in [3.8, 4) is 0 Å². The van der Waals surface area contributed by atoms with Gasteiger partial charge in [0.2, 0.25) is 0 Å². The molecule has 1 fully saturated rings. The third-order valence-electron chi connectivity index (χ3n) is 3.46. The number of benzene rings is 1. The third kappa shape index (κ3) is 2.97. The molecule has 18 heavy (non-hydrogen) atoms. The molecule has 1 heterocycles. The maximum atomic E-state index is 6.32. The molecule has 0 saturated carbocycles. The molecule has 3 nitrogen and oxygen atoms in total. The fraction of sp³-hybridized carbons (Fsp3) is 0.571. The van der Waals surface area contributed by atoms with Gasteiger partial charge in [0.1, 0.15) is 0 Å². The van der Waals surface area contributed by atoms with Gasteiger partial charge in [0.25, 0.3) is 0 Å². The second kappa shape index (κ2) is 6.41. The first kappa shape index (κ1) is 13.7. The summed E-state index contributed by atoms with van der Waals surface area (Å²) in [5.41, 5.74) is 2.43. The molecule has 1 saturated heterocycles. The summed E-state index contributed by atoms with van der Waals surface area (Å²) < 4.78 is 5.42. The maximum absolute atomic E-state index is 6.32. The Labute approximate surface area is 114 Å². The highest BCUT2D eigenvalue weighted by atomic mass is 35.5. The van der Waals surface area contributed by atoms with Gasteiger partial charge in [-0.2, -0.15) is 0 Å². The molecular formula is C14H21ClN2O. The molecular weight excluding hydrogens is 248 g/mol. The average molecular weight is 269 g/mol. The van der Waals surface area contributed by atoms with Crippen molar-refractivity contribution in [3.05, 3.63) is 28.8 Å². The van der Waals surface area contributed by atoms with Crippen LogP contribution in [0.1, 0.15) is 18.9 Å². The summed E-state index contributed by atoms with van der Waals surface area (Å²) in [6.45, 7) is 5.87. The van der Waals surface area contributed by atoms with Gasteiger partial charge in [-0.1, -0.05) is 24.6 Å². The van der Waals surface area contributed by atoms with Crippen LogP contribution in [0.4, 0.5) is 5.69 Å². The van der Waals surface area contributed by atoms with Crippen LogP contribution >= 0.6 is 11.6 Å². The van der Waals surface area contributed by atoms with E-state index in [1.807, 2.05) is 12.1 Å². The van der Waals surface area contributed by atoms with Gasteiger partial charge < -0.3 is 15.0 Å². The molecule has 0 radical (unpaired) electrons. The molecule has 100 valence electrons. The maximum Gasteiger partial charge on any atom is 0.0762 e. The van der Waals surface area contributed by atoms with E-state index < -0.39 is 0 Å². The first-order valence-corrected chi connectivity index (χ1v) is 6.90. The molecule has 1 N–H and O–H groups in total. The lowest BCUT2D eigenvalue weighted by Crippen LogP contribution is -2.24. The predicted octanol–water partition coefficient (Wildman–Crippen LogP) is 2.67. The molecule has 1 atom stereocenters. The minimum absolute atomic E-state index is 0.343. The van der Waals surface area contributed by atoms with Crippen LogP contribution in [0.2, 0.25) is 5.02 Å². The molecule has 1 aromatic rings. The standard InChI is InChI=1S/C14H21ClN2O/c1-3-16-9-12-13(15)5-4-6-14(12)17-8-7-11(10-17)18-2/h4-6,11,16H,3,7-10H2,1-2H3. The summed E-state index contributed by atoms with van der Waals surface area (Å²) in [6.07, 6.45) is 1.43. The lowest BCUT2D eigenvalue weighted by Gasteiger charge is -2.23. The topological polar surface area (TPSA) is 24.5 Å². The summed E-state index contributed by atoms with van der Waals surface area (Å²) >= 11 is 6.32. The van der Waals surface area contributed by atoms with E-state index in [2.05, 4.69) is 23.2 Å². The molecule has 4 heteroatoms. The number of anilines is 1. The van der Waals surface area contributed by atoms with Crippen molar-refractivity contribution >= 4 is 17.3 Å². The van der Waals surface area contributed by atoms with E-state index in [0.29, 0.717) is 6.10 Å². The Kier molecular flexibility index (Phi) is 4.87. The fourth-order valence-electron chi connectivity index (χ4n) is 2.41. The van der Waals surface area contributed by atoms with Gasteiger partial charge in [0.05, 0.1) is 6.10 Å². The van der Waals surface area contributed by atoms with Crippen LogP contribution in [0.25, 0.3) is 0 Å². The van der Waals surface area contributed by atoms with Crippen molar-refractivity contribution in [1.82, 2.24) is 5.32 Å². The highest BCUT2D eigenvalue weighted by molar-refractivity contribution is 6.31. The van der Waals surface area contributed by atoms with Crippen LogP contribution in [0.3, 0.4) is 0 Å². The quantitative estimate of drug-likeness (QED) is 0.889. The van der Waals surface area contributed by atoms with Crippen LogP contribution in [-0.2, 0) is 11.3 Å². The Morgan fingerprint density at radius 1 is 1.50 bits per heavy atom. The van der Waals surface area contributed by atoms with E-state index in [1.54, 1.807) is 7.11 Å². The van der Waals surface area contributed by atoms with Gasteiger partial charge >= 0.3 is 0 Å². The zero-order valence-electron chi connectivity index (χ0n) is 11.1. The molecule has 0 aliphatic carbocycles. The lowest BCUT2D eigenvalue weighted by atomic mass is 10.1. The molecule has 0 bridgehead atoms. The Morgan fingerprint density at radius 3 is 3.00 bits per heavy atom. The number of halogens is 1. The normalized spacial score (nSPS) is 19.5. The van der Waals surface area contributed by atoms with Gasteiger partial charge in [-0.25, -0.2) is 0 Å². The lowest BCUT2D eigenvalue weighted by molar-refractivity contribution is 0.121. The summed E-state index contributed by atoms with van der Waals surface area (Å²) in [5, 5.41) is 4.19. The predicted molar refractivity (Wildman–Crippen MR) is 76.5 cm³/mol. The number of ether oxygens (including phenoxy) is 1. The van der Waals surface area contributed by atoms with Crippen LogP contribution in [0, 0.1) is 0 Å². The first-order valence-electron chi connectivity index (χ1n) is 6.52. The smallest absolute Gasteiger partial charge is 0.0762 e. The van der Waals surface area contributed by atoms with Crippen molar-refractivity contribution < 1.29 is 4.74 Å². The van der Waals surface area contributed by atoms with Gasteiger partial charge in [0, 0.05) is 43.0 Å². The van der Waals surface area contributed by atoms with Gasteiger partial charge in [-0.3, -0.25) is 0 Å². The molecule has 1 aliphatic heterocycles. The highest BCUT2D eigenvalue weighted by Crippen LogP contribution is 2.30. The van der Waals surface area contributed by atoms with Crippen molar-refractivity contribution in [2.24, 2.45) is 0 Å².